The van der Waals surface area contributed by atoms with Gasteiger partial charge in [0.25, 0.3) is 0 Å². The quantitative estimate of drug-likeness (QED) is 0.161. The van der Waals surface area contributed by atoms with Gasteiger partial charge in [-0.15, -0.1) is 12.1 Å². The van der Waals surface area contributed by atoms with Crippen molar-refractivity contribution in [2.75, 3.05) is 14.2 Å². The summed E-state index contributed by atoms with van der Waals surface area (Å²) < 4.78 is 25.4. The van der Waals surface area contributed by atoms with Gasteiger partial charge in [0.2, 0.25) is 0 Å². The van der Waals surface area contributed by atoms with Crippen LogP contribution in [0, 0.1) is 0 Å². The fraction of sp³-hybridized carbons (Fsp3) is 0.414. The Morgan fingerprint density at radius 3 is 1.24 bits per heavy atom. The molecule has 8 heteroatoms. The number of fused-ring (bicyclic) bond motifs is 14. The molecule has 0 saturated heterocycles. The van der Waals surface area contributed by atoms with Gasteiger partial charge in [0.1, 0.15) is 0 Å². The fourth-order valence-corrected chi connectivity index (χ4v) is 14.4. The molecule has 3 heterocycles. The van der Waals surface area contributed by atoms with Gasteiger partial charge in [0.05, 0.1) is 36.3 Å². The molecule has 0 bridgehead atoms. The maximum absolute atomic E-state index is 6.88. The summed E-state index contributed by atoms with van der Waals surface area (Å²) in [6.45, 7) is 23.4. The summed E-state index contributed by atoms with van der Waals surface area (Å²) in [6.07, 6.45) is 8.54. The van der Waals surface area contributed by atoms with E-state index in [-0.39, 0.29) is 44.6 Å². The minimum Gasteiger partial charge on any atom is -0.680 e. The summed E-state index contributed by atoms with van der Waals surface area (Å²) in [6, 6.07) is 22.5. The van der Waals surface area contributed by atoms with Crippen molar-refractivity contribution in [3.8, 4) is 34.5 Å². The molecule has 4 unspecified atom stereocenters. The second-order valence-corrected chi connectivity index (χ2v) is 23.4. The molecule has 5 aromatic carbocycles. The maximum atomic E-state index is 6.88. The van der Waals surface area contributed by atoms with Crippen molar-refractivity contribution in [1.82, 2.24) is 9.97 Å². The molecule has 7 aliphatic rings. The van der Waals surface area contributed by atoms with Crippen molar-refractivity contribution in [3.05, 3.63) is 139 Å². The predicted octanol–water partition coefficient (Wildman–Crippen LogP) is 14.7. The zero-order valence-corrected chi connectivity index (χ0v) is 40.3. The van der Waals surface area contributed by atoms with E-state index in [4.69, 9.17) is 39.5 Å². The first-order valence-corrected chi connectivity index (χ1v) is 23.8. The van der Waals surface area contributed by atoms with Gasteiger partial charge in [-0.2, -0.15) is 11.4 Å². The molecule has 1 aromatic heterocycles. The molecule has 13 rings (SSSR count). The van der Waals surface area contributed by atoms with Gasteiger partial charge >= 0.3 is 0 Å². The Morgan fingerprint density at radius 2 is 0.758 bits per heavy atom. The summed E-state index contributed by atoms with van der Waals surface area (Å²) in [5.41, 5.74) is 18.0. The second kappa shape index (κ2) is 12.5. The highest BCUT2D eigenvalue weighted by Crippen LogP contribution is 2.67. The molecule has 2 aliphatic heterocycles. The van der Waals surface area contributed by atoms with Gasteiger partial charge in [-0.05, 0) is 142 Å². The predicted molar refractivity (Wildman–Crippen MR) is 263 cm³/mol. The van der Waals surface area contributed by atoms with E-state index >= 15 is 0 Å². The zero-order valence-electron chi connectivity index (χ0n) is 40.3. The average Bonchev–Trinajstić information content (AvgIpc) is 3.80. The highest BCUT2D eigenvalue weighted by atomic mass is 16.6. The molecule has 0 amide bonds. The first-order valence-electron chi connectivity index (χ1n) is 23.8. The summed E-state index contributed by atoms with van der Waals surface area (Å²) in [7, 11) is 3.44. The third kappa shape index (κ3) is 5.22. The van der Waals surface area contributed by atoms with Crippen LogP contribution in [0.5, 0.6) is 34.5 Å². The van der Waals surface area contributed by atoms with Crippen molar-refractivity contribution < 1.29 is 18.9 Å². The van der Waals surface area contributed by atoms with Gasteiger partial charge in [-0.3, -0.25) is 0 Å². The highest BCUT2D eigenvalue weighted by Gasteiger charge is 2.58. The monoisotopic (exact) mass is 874 g/mol. The molecule has 2 spiro atoms. The molecule has 0 saturated carbocycles. The van der Waals surface area contributed by atoms with E-state index in [2.05, 4.69) is 130 Å². The van der Waals surface area contributed by atoms with Crippen LogP contribution in [0.15, 0.2) is 84.0 Å². The van der Waals surface area contributed by atoms with Crippen LogP contribution in [0.4, 0.5) is 11.4 Å². The molecule has 6 aromatic rings. The number of allylic oxidation sites excluding steroid dienone is 2. The first-order chi connectivity index (χ1) is 31.2. The number of nitrogens with zero attached hydrogens (tertiary/aromatic N) is 4. The minimum atomic E-state index is -0.222. The van der Waals surface area contributed by atoms with E-state index in [9.17, 15) is 0 Å². The summed E-state index contributed by atoms with van der Waals surface area (Å²) in [4.78, 5) is 10.7. The molecule has 0 radical (unpaired) electrons. The Balaban J connectivity index is 0.900. The van der Waals surface area contributed by atoms with Gasteiger partial charge in [0.15, 0.2) is 34.5 Å². The Hall–Kier alpha value is -6.02. The number of hydrogen-bond donors (Lipinski definition) is 0. The van der Waals surface area contributed by atoms with Crippen LogP contribution in [-0.2, 0) is 32.5 Å². The molecule has 5 aliphatic carbocycles. The summed E-state index contributed by atoms with van der Waals surface area (Å²) in [5, 5.41) is 10.7. The van der Waals surface area contributed by atoms with Crippen molar-refractivity contribution in [3.63, 3.8) is 0 Å². The first kappa shape index (κ1) is 40.3. The normalized spacial score (nSPS) is 26.6. The smallest absolute Gasteiger partial charge is 0.172 e. The van der Waals surface area contributed by atoms with E-state index < -0.39 is 0 Å². The van der Waals surface area contributed by atoms with Gasteiger partial charge in [-0.1, -0.05) is 90.8 Å². The van der Waals surface area contributed by atoms with Crippen LogP contribution in [0.25, 0.3) is 32.7 Å². The molecule has 0 N–H and O–H groups in total. The largest absolute Gasteiger partial charge is 0.680 e. The van der Waals surface area contributed by atoms with Gasteiger partial charge in [0, 0.05) is 23.0 Å². The van der Waals surface area contributed by atoms with Crippen LogP contribution in [0.1, 0.15) is 139 Å². The Labute approximate surface area is 388 Å². The number of rotatable bonds is 2. The van der Waals surface area contributed by atoms with E-state index in [1.54, 1.807) is 14.2 Å². The number of ether oxygens (including phenoxy) is 4. The fourth-order valence-electron chi connectivity index (χ4n) is 14.4. The minimum absolute atomic E-state index is 0.0366. The Morgan fingerprint density at radius 1 is 0.439 bits per heavy atom. The number of benzene rings is 5. The Kier molecular flexibility index (Phi) is 7.62. The lowest BCUT2D eigenvalue weighted by atomic mass is 9.72. The highest BCUT2D eigenvalue weighted by molar-refractivity contribution is 5.91. The van der Waals surface area contributed by atoms with Crippen molar-refractivity contribution in [2.24, 2.45) is 0 Å². The average molecular weight is 875 g/mol. The standard InChI is InChI=1S/C58H58N4O4/c1-29-13-39-40(14-30(29)2)60-43-17-35-31(15-41(43)59-39)53(3,4)25-57(35)26-54(5,6)32-16-42-44(18-36(32)57)62-46-24-52-51(23-45(46)61-42)65-49-20-34-38(22-50(49)66-52)58(28-56(34,9)10)27-55(7,8)33-19-47(63-11)48(64-12)21-37(33)58/h13-24,39-40H,25-28H2,1-12H3/q-2. The second-order valence-electron chi connectivity index (χ2n) is 23.4. The van der Waals surface area contributed by atoms with Crippen LogP contribution in [0.2, 0.25) is 0 Å². The van der Waals surface area contributed by atoms with Crippen LogP contribution in [-0.4, -0.2) is 36.3 Å². The molecular formula is C58H58N4O4-2. The number of methoxy groups -OCH3 is 2. The lowest BCUT2D eigenvalue weighted by Crippen LogP contribution is -2.27. The number of hydrogen-bond acceptors (Lipinski definition) is 6. The lowest BCUT2D eigenvalue weighted by Gasteiger charge is -2.55. The lowest BCUT2D eigenvalue weighted by molar-refractivity contribution is 0.347. The zero-order chi connectivity index (χ0) is 45.8. The topological polar surface area (TPSA) is 90.9 Å². The van der Waals surface area contributed by atoms with E-state index in [0.29, 0.717) is 11.5 Å². The summed E-state index contributed by atoms with van der Waals surface area (Å²) in [5.74, 6) is 4.28. The molecule has 8 nitrogen and oxygen atoms in total. The molecule has 336 valence electrons. The number of aromatic nitrogens is 2. The van der Waals surface area contributed by atoms with E-state index in [1.807, 2.05) is 12.1 Å². The third-order valence-electron chi connectivity index (χ3n) is 17.1. The molecule has 66 heavy (non-hydrogen) atoms. The Bertz CT molecular complexity index is 3300. The van der Waals surface area contributed by atoms with E-state index in [0.717, 1.165) is 82.1 Å². The summed E-state index contributed by atoms with van der Waals surface area (Å²) >= 11 is 0. The maximum Gasteiger partial charge on any atom is 0.172 e. The SMILES string of the molecule is COc1cc2c(cc1OC)C1(CC2(C)C)CC(C)(C)c2cc3c(cc21)Oc1cc2nc4cc5c(cc4nc2cc1O3)C(C)(C)CC51CC(C)(C)c2cc3c(cc21)[N-]C1C=C(C)C(C)=CC1[N-]3. The third-order valence-corrected chi connectivity index (χ3v) is 17.1. The van der Waals surface area contributed by atoms with Crippen molar-refractivity contribution in [2.45, 2.75) is 139 Å². The molecular weight excluding hydrogens is 817 g/mol. The van der Waals surface area contributed by atoms with Crippen LogP contribution in [0.3, 0.4) is 0 Å². The van der Waals surface area contributed by atoms with Crippen molar-refractivity contribution >= 4 is 33.4 Å². The molecule has 4 atom stereocenters. The van der Waals surface area contributed by atoms with Crippen molar-refractivity contribution in [1.29, 1.82) is 0 Å². The van der Waals surface area contributed by atoms with Gasteiger partial charge < -0.3 is 29.6 Å². The molecule has 0 fully saturated rings. The van der Waals surface area contributed by atoms with Crippen LogP contribution >= 0.6 is 0 Å². The van der Waals surface area contributed by atoms with Gasteiger partial charge in [-0.25, -0.2) is 9.97 Å². The van der Waals surface area contributed by atoms with Crippen LogP contribution < -0.4 is 18.9 Å². The van der Waals surface area contributed by atoms with E-state index in [1.165, 1.54) is 55.7 Å².